The quantitative estimate of drug-likeness (QED) is 0.874. The maximum atomic E-state index is 12.7. The van der Waals surface area contributed by atoms with Crippen LogP contribution in [0.3, 0.4) is 0 Å². The molecule has 0 bridgehead atoms. The second-order valence-electron chi connectivity index (χ2n) is 6.01. The molecule has 2 heterocycles. The SMILES string of the molecule is CCn1cc(NC(=O)C2(C)Oc3ccc(C)cc3N(C)C2=O)cn1. The van der Waals surface area contributed by atoms with Crippen LogP contribution in [-0.4, -0.2) is 34.2 Å². The number of benzene rings is 1. The van der Waals surface area contributed by atoms with Crippen molar-refractivity contribution < 1.29 is 14.3 Å². The Labute approximate surface area is 140 Å². The van der Waals surface area contributed by atoms with E-state index < -0.39 is 17.4 Å². The van der Waals surface area contributed by atoms with Gasteiger partial charge in [0.05, 0.1) is 17.6 Å². The number of nitrogens with zero attached hydrogens (tertiary/aromatic N) is 3. The number of amides is 2. The van der Waals surface area contributed by atoms with Crippen LogP contribution >= 0.6 is 0 Å². The molecule has 1 N–H and O–H groups in total. The van der Waals surface area contributed by atoms with Crippen LogP contribution < -0.4 is 15.0 Å². The van der Waals surface area contributed by atoms with E-state index in [1.165, 1.54) is 11.8 Å². The number of likely N-dealkylation sites (N-methyl/N-ethyl adjacent to an activating group) is 1. The summed E-state index contributed by atoms with van der Waals surface area (Å²) < 4.78 is 7.48. The fourth-order valence-electron chi connectivity index (χ4n) is 2.66. The summed E-state index contributed by atoms with van der Waals surface area (Å²) >= 11 is 0. The smallest absolute Gasteiger partial charge is 0.280 e. The number of hydrogen-bond donors (Lipinski definition) is 1. The zero-order valence-electron chi connectivity index (χ0n) is 14.2. The lowest BCUT2D eigenvalue weighted by Gasteiger charge is -2.37. The maximum absolute atomic E-state index is 12.7. The van der Waals surface area contributed by atoms with Gasteiger partial charge in [-0.3, -0.25) is 14.3 Å². The first-order valence-corrected chi connectivity index (χ1v) is 7.77. The molecule has 1 aromatic carbocycles. The van der Waals surface area contributed by atoms with Crippen molar-refractivity contribution in [2.24, 2.45) is 0 Å². The third-order valence-electron chi connectivity index (χ3n) is 4.15. The number of ether oxygens (including phenoxy) is 1. The molecule has 2 aromatic rings. The van der Waals surface area contributed by atoms with Gasteiger partial charge in [-0.05, 0) is 38.5 Å². The van der Waals surface area contributed by atoms with Crippen molar-refractivity contribution in [2.45, 2.75) is 32.9 Å². The van der Waals surface area contributed by atoms with Crippen LogP contribution in [-0.2, 0) is 16.1 Å². The highest BCUT2D eigenvalue weighted by Crippen LogP contribution is 2.38. The predicted molar refractivity (Wildman–Crippen MR) is 90.2 cm³/mol. The molecule has 0 radical (unpaired) electrons. The monoisotopic (exact) mass is 328 g/mol. The van der Waals surface area contributed by atoms with Gasteiger partial charge < -0.3 is 15.0 Å². The molecule has 1 aromatic heterocycles. The first kappa shape index (κ1) is 16.0. The number of fused-ring (bicyclic) bond motifs is 1. The lowest BCUT2D eigenvalue weighted by Crippen LogP contribution is -2.59. The predicted octanol–water partition coefficient (Wildman–Crippen LogP) is 1.96. The van der Waals surface area contributed by atoms with Crippen LogP contribution in [0.1, 0.15) is 19.4 Å². The van der Waals surface area contributed by atoms with E-state index in [2.05, 4.69) is 10.4 Å². The standard InChI is InChI=1S/C17H20N4O3/c1-5-21-10-12(9-18-21)19-15(22)17(3)16(23)20(4)13-8-11(2)6-7-14(13)24-17/h6-10H,5H2,1-4H3,(H,19,22). The molecule has 0 spiro atoms. The van der Waals surface area contributed by atoms with Gasteiger partial charge in [0.2, 0.25) is 0 Å². The number of carbonyl (C=O) groups excluding carboxylic acids is 2. The number of rotatable bonds is 3. The van der Waals surface area contributed by atoms with Crippen molar-refractivity contribution in [3.05, 3.63) is 36.2 Å². The average molecular weight is 328 g/mol. The number of nitrogens with one attached hydrogen (secondary N) is 1. The molecular weight excluding hydrogens is 308 g/mol. The van der Waals surface area contributed by atoms with E-state index in [-0.39, 0.29) is 0 Å². The highest BCUT2D eigenvalue weighted by Gasteiger charge is 2.49. The van der Waals surface area contributed by atoms with Gasteiger partial charge in [0.1, 0.15) is 5.75 Å². The molecule has 126 valence electrons. The number of anilines is 2. The summed E-state index contributed by atoms with van der Waals surface area (Å²) in [6.45, 7) is 6.05. The van der Waals surface area contributed by atoms with E-state index in [0.717, 1.165) is 5.56 Å². The Hall–Kier alpha value is -2.83. The molecule has 2 amide bonds. The van der Waals surface area contributed by atoms with Crippen molar-refractivity contribution in [2.75, 3.05) is 17.3 Å². The van der Waals surface area contributed by atoms with Gasteiger partial charge in [-0.25, -0.2) is 0 Å². The van der Waals surface area contributed by atoms with E-state index in [1.54, 1.807) is 30.2 Å². The Morgan fingerprint density at radius 2 is 2.17 bits per heavy atom. The van der Waals surface area contributed by atoms with E-state index in [0.29, 0.717) is 23.7 Å². The summed E-state index contributed by atoms with van der Waals surface area (Å²) in [6, 6.07) is 5.51. The highest BCUT2D eigenvalue weighted by atomic mass is 16.5. The topological polar surface area (TPSA) is 76.5 Å². The molecule has 1 unspecified atom stereocenters. The van der Waals surface area contributed by atoms with Gasteiger partial charge in [-0.1, -0.05) is 6.07 Å². The molecule has 0 aliphatic carbocycles. The van der Waals surface area contributed by atoms with E-state index in [4.69, 9.17) is 4.74 Å². The summed E-state index contributed by atoms with van der Waals surface area (Å²) in [7, 11) is 1.64. The van der Waals surface area contributed by atoms with Gasteiger partial charge >= 0.3 is 0 Å². The fourth-order valence-corrected chi connectivity index (χ4v) is 2.66. The van der Waals surface area contributed by atoms with E-state index in [9.17, 15) is 9.59 Å². The molecule has 24 heavy (non-hydrogen) atoms. The molecule has 1 aliphatic heterocycles. The van der Waals surface area contributed by atoms with Crippen LogP contribution in [0.5, 0.6) is 5.75 Å². The molecule has 0 fully saturated rings. The lowest BCUT2D eigenvalue weighted by atomic mass is 10.00. The Balaban J connectivity index is 1.90. The first-order valence-electron chi connectivity index (χ1n) is 7.77. The number of carbonyl (C=O) groups is 2. The minimum atomic E-state index is -1.63. The second kappa shape index (κ2) is 5.67. The van der Waals surface area contributed by atoms with E-state index in [1.807, 2.05) is 26.0 Å². The number of hydrogen-bond acceptors (Lipinski definition) is 4. The van der Waals surface area contributed by atoms with Crippen molar-refractivity contribution in [1.29, 1.82) is 0 Å². The van der Waals surface area contributed by atoms with Gasteiger partial charge in [0.25, 0.3) is 17.4 Å². The Bertz CT molecular complexity index is 814. The third-order valence-corrected chi connectivity index (χ3v) is 4.15. The van der Waals surface area contributed by atoms with Crippen molar-refractivity contribution in [3.63, 3.8) is 0 Å². The third kappa shape index (κ3) is 2.51. The van der Waals surface area contributed by atoms with Crippen molar-refractivity contribution >= 4 is 23.2 Å². The summed E-state index contributed by atoms with van der Waals surface area (Å²) in [5, 5.41) is 6.81. The number of aryl methyl sites for hydroxylation is 2. The fraction of sp³-hybridized carbons (Fsp3) is 0.353. The Kier molecular flexibility index (Phi) is 3.79. The molecule has 3 rings (SSSR count). The minimum absolute atomic E-state index is 0.416. The zero-order chi connectivity index (χ0) is 17.5. The summed E-state index contributed by atoms with van der Waals surface area (Å²) in [4.78, 5) is 26.9. The van der Waals surface area contributed by atoms with Crippen LogP contribution in [0, 0.1) is 6.92 Å². The maximum Gasteiger partial charge on any atom is 0.280 e. The molecular formula is C17H20N4O3. The normalized spacial score (nSPS) is 19.7. The molecule has 0 saturated carbocycles. The van der Waals surface area contributed by atoms with Crippen LogP contribution in [0.4, 0.5) is 11.4 Å². The largest absolute Gasteiger partial charge is 0.465 e. The molecule has 1 atom stereocenters. The summed E-state index contributed by atoms with van der Waals surface area (Å²) in [6.07, 6.45) is 3.24. The van der Waals surface area contributed by atoms with Crippen molar-refractivity contribution in [1.82, 2.24) is 9.78 Å². The minimum Gasteiger partial charge on any atom is -0.465 e. The van der Waals surface area contributed by atoms with Crippen LogP contribution in [0.15, 0.2) is 30.6 Å². The summed E-state index contributed by atoms with van der Waals surface area (Å²) in [5.74, 6) is -0.438. The number of aromatic nitrogens is 2. The average Bonchev–Trinajstić information content (AvgIpc) is 3.01. The lowest BCUT2D eigenvalue weighted by molar-refractivity contribution is -0.144. The van der Waals surface area contributed by atoms with Gasteiger partial charge in [-0.2, -0.15) is 5.10 Å². The zero-order valence-corrected chi connectivity index (χ0v) is 14.2. The Morgan fingerprint density at radius 1 is 1.42 bits per heavy atom. The summed E-state index contributed by atoms with van der Waals surface area (Å²) in [5.41, 5.74) is 0.559. The molecule has 7 heteroatoms. The molecule has 0 saturated heterocycles. The molecule has 7 nitrogen and oxygen atoms in total. The van der Waals surface area contributed by atoms with E-state index >= 15 is 0 Å². The first-order chi connectivity index (χ1) is 11.3. The van der Waals surface area contributed by atoms with Gasteiger partial charge in [-0.15, -0.1) is 0 Å². The van der Waals surface area contributed by atoms with Crippen LogP contribution in [0.25, 0.3) is 0 Å². The van der Waals surface area contributed by atoms with Crippen LogP contribution in [0.2, 0.25) is 0 Å². The molecule has 1 aliphatic rings. The second-order valence-corrected chi connectivity index (χ2v) is 6.01. The van der Waals surface area contributed by atoms with Gasteiger partial charge in [0, 0.05) is 19.8 Å². The highest BCUT2D eigenvalue weighted by molar-refractivity contribution is 6.19. The van der Waals surface area contributed by atoms with Crippen molar-refractivity contribution in [3.8, 4) is 5.75 Å². The van der Waals surface area contributed by atoms with Gasteiger partial charge in [0.15, 0.2) is 0 Å². The Morgan fingerprint density at radius 3 is 2.83 bits per heavy atom.